The molecule has 0 unspecified atom stereocenters. The van der Waals surface area contributed by atoms with E-state index in [0.29, 0.717) is 17.7 Å². The fourth-order valence-electron chi connectivity index (χ4n) is 7.88. The van der Waals surface area contributed by atoms with Crippen LogP contribution in [0.3, 0.4) is 0 Å². The Hall–Kier alpha value is -6.07. The van der Waals surface area contributed by atoms with E-state index in [4.69, 9.17) is 15.0 Å². The normalized spacial score (nSPS) is 13.5. The highest BCUT2D eigenvalue weighted by molar-refractivity contribution is 6.17. The molecule has 0 bridgehead atoms. The van der Waals surface area contributed by atoms with E-state index in [9.17, 15) is 0 Å². The number of benzene rings is 6. The second kappa shape index (κ2) is 9.47. The first-order chi connectivity index (χ1) is 23.1. The standard InChI is InChI=1S/C42H29N5/c1-42(2)31-20-10-6-18-29(31)37-32(42)24-25-36-38(37)30-19-9-13-23-35(30)47(36)41-44-39(26-14-4-3-5-15-26)43-40(45-41)46-33-21-11-7-16-27(33)28-17-8-12-22-34(28)46/h3-25H,1-2H3. The van der Waals surface area contributed by atoms with Crippen molar-refractivity contribution in [1.82, 2.24) is 24.1 Å². The van der Waals surface area contributed by atoms with Gasteiger partial charge in [0.15, 0.2) is 5.82 Å². The molecule has 9 aromatic rings. The zero-order valence-corrected chi connectivity index (χ0v) is 26.0. The maximum Gasteiger partial charge on any atom is 0.240 e. The van der Waals surface area contributed by atoms with Crippen molar-refractivity contribution in [3.05, 3.63) is 151 Å². The molecule has 0 spiro atoms. The van der Waals surface area contributed by atoms with Crippen LogP contribution in [0.2, 0.25) is 0 Å². The average Bonchev–Trinajstić information content (AvgIpc) is 3.72. The van der Waals surface area contributed by atoms with E-state index < -0.39 is 0 Å². The Balaban J connectivity index is 1.33. The maximum absolute atomic E-state index is 5.31. The molecule has 47 heavy (non-hydrogen) atoms. The molecule has 10 rings (SSSR count). The van der Waals surface area contributed by atoms with E-state index in [2.05, 4.69) is 144 Å². The van der Waals surface area contributed by atoms with Crippen LogP contribution < -0.4 is 0 Å². The average molecular weight is 604 g/mol. The number of nitrogens with zero attached hydrogens (tertiary/aromatic N) is 5. The van der Waals surface area contributed by atoms with Crippen molar-refractivity contribution in [3.63, 3.8) is 0 Å². The molecule has 0 amide bonds. The lowest BCUT2D eigenvalue weighted by molar-refractivity contribution is 0.661. The number of hydrogen-bond donors (Lipinski definition) is 0. The topological polar surface area (TPSA) is 48.5 Å². The Kier molecular flexibility index (Phi) is 5.28. The summed E-state index contributed by atoms with van der Waals surface area (Å²) in [5.74, 6) is 1.81. The smallest absolute Gasteiger partial charge is 0.240 e. The minimum absolute atomic E-state index is 0.0966. The van der Waals surface area contributed by atoms with Gasteiger partial charge in [-0.2, -0.15) is 15.0 Å². The molecule has 0 fully saturated rings. The molecule has 5 nitrogen and oxygen atoms in total. The van der Waals surface area contributed by atoms with Gasteiger partial charge in [-0.1, -0.05) is 129 Å². The van der Waals surface area contributed by atoms with Crippen molar-refractivity contribution in [2.75, 3.05) is 0 Å². The number of aromatic nitrogens is 5. The third kappa shape index (κ3) is 3.57. The first kappa shape index (κ1) is 26.2. The van der Waals surface area contributed by atoms with Crippen LogP contribution in [0.5, 0.6) is 0 Å². The van der Waals surface area contributed by atoms with Crippen LogP contribution in [0.25, 0.3) is 78.0 Å². The van der Waals surface area contributed by atoms with Crippen LogP contribution in [-0.2, 0) is 5.41 Å². The molecular weight excluding hydrogens is 574 g/mol. The van der Waals surface area contributed by atoms with Gasteiger partial charge in [0.05, 0.1) is 22.1 Å². The maximum atomic E-state index is 5.31. The van der Waals surface area contributed by atoms with Gasteiger partial charge in [0.1, 0.15) is 0 Å². The fraction of sp³-hybridized carbons (Fsp3) is 0.0714. The lowest BCUT2D eigenvalue weighted by atomic mass is 9.82. The van der Waals surface area contributed by atoms with Gasteiger partial charge in [-0.15, -0.1) is 0 Å². The summed E-state index contributed by atoms with van der Waals surface area (Å²) in [5.41, 5.74) is 10.4. The molecule has 0 N–H and O–H groups in total. The van der Waals surface area contributed by atoms with E-state index in [0.717, 1.165) is 27.6 Å². The second-order valence-electron chi connectivity index (χ2n) is 12.9. The molecule has 3 aromatic heterocycles. The van der Waals surface area contributed by atoms with Gasteiger partial charge in [0.2, 0.25) is 11.9 Å². The molecule has 1 aliphatic carbocycles. The molecule has 0 saturated carbocycles. The van der Waals surface area contributed by atoms with Crippen molar-refractivity contribution < 1.29 is 0 Å². The summed E-state index contributed by atoms with van der Waals surface area (Å²) in [6.07, 6.45) is 0. The minimum atomic E-state index is -0.0966. The lowest BCUT2D eigenvalue weighted by Crippen LogP contribution is -2.14. The summed E-state index contributed by atoms with van der Waals surface area (Å²) in [5, 5.41) is 4.75. The largest absolute Gasteiger partial charge is 0.278 e. The Labute approximate surface area is 271 Å². The Morgan fingerprint density at radius 3 is 1.66 bits per heavy atom. The predicted molar refractivity (Wildman–Crippen MR) is 192 cm³/mol. The minimum Gasteiger partial charge on any atom is -0.278 e. The molecule has 0 aliphatic heterocycles. The number of hydrogen-bond acceptors (Lipinski definition) is 3. The number of rotatable bonds is 3. The van der Waals surface area contributed by atoms with Crippen LogP contribution >= 0.6 is 0 Å². The van der Waals surface area contributed by atoms with Crippen LogP contribution in [-0.4, -0.2) is 24.1 Å². The number of fused-ring (bicyclic) bond motifs is 10. The Bertz CT molecular complexity index is 2660. The molecular formula is C42H29N5. The van der Waals surface area contributed by atoms with Crippen molar-refractivity contribution in [2.24, 2.45) is 0 Å². The molecule has 1 aliphatic rings. The zero-order valence-electron chi connectivity index (χ0n) is 26.0. The molecule has 222 valence electrons. The number of para-hydroxylation sites is 3. The van der Waals surface area contributed by atoms with E-state index >= 15 is 0 Å². The first-order valence-corrected chi connectivity index (χ1v) is 16.1. The van der Waals surface area contributed by atoms with Gasteiger partial charge in [0, 0.05) is 32.5 Å². The summed E-state index contributed by atoms with van der Waals surface area (Å²) in [6.45, 7) is 4.66. The summed E-state index contributed by atoms with van der Waals surface area (Å²) in [6, 6.07) is 49.2. The van der Waals surface area contributed by atoms with E-state index in [-0.39, 0.29) is 5.41 Å². The third-order valence-corrected chi connectivity index (χ3v) is 10.0. The first-order valence-electron chi connectivity index (χ1n) is 16.1. The monoisotopic (exact) mass is 603 g/mol. The highest BCUT2D eigenvalue weighted by Gasteiger charge is 2.37. The van der Waals surface area contributed by atoms with Gasteiger partial charge >= 0.3 is 0 Å². The van der Waals surface area contributed by atoms with Crippen LogP contribution in [0.1, 0.15) is 25.0 Å². The van der Waals surface area contributed by atoms with Crippen molar-refractivity contribution in [1.29, 1.82) is 0 Å². The fourth-order valence-corrected chi connectivity index (χ4v) is 7.88. The highest BCUT2D eigenvalue weighted by Crippen LogP contribution is 2.53. The van der Waals surface area contributed by atoms with Crippen molar-refractivity contribution >= 4 is 43.6 Å². The quantitative estimate of drug-likeness (QED) is 0.202. The SMILES string of the molecule is CC1(C)c2ccccc2-c2c1ccc1c2c2ccccc2n1-c1nc(-c2ccccc2)nc(-n2c3ccccc3c3ccccc32)n1. The molecule has 5 heteroatoms. The summed E-state index contributed by atoms with van der Waals surface area (Å²) < 4.78 is 4.40. The zero-order chi connectivity index (χ0) is 31.3. The molecule has 0 radical (unpaired) electrons. The van der Waals surface area contributed by atoms with Gasteiger partial charge in [0.25, 0.3) is 0 Å². The van der Waals surface area contributed by atoms with Gasteiger partial charge in [-0.3, -0.25) is 9.13 Å². The Morgan fingerprint density at radius 2 is 0.979 bits per heavy atom. The van der Waals surface area contributed by atoms with Gasteiger partial charge < -0.3 is 0 Å². The molecule has 6 aromatic carbocycles. The molecule has 0 atom stereocenters. The summed E-state index contributed by atoms with van der Waals surface area (Å²) in [4.78, 5) is 15.7. The van der Waals surface area contributed by atoms with Crippen LogP contribution in [0.4, 0.5) is 0 Å². The van der Waals surface area contributed by atoms with Crippen LogP contribution in [0.15, 0.2) is 140 Å². The van der Waals surface area contributed by atoms with E-state index in [1.54, 1.807) is 0 Å². The third-order valence-electron chi connectivity index (χ3n) is 10.0. The second-order valence-corrected chi connectivity index (χ2v) is 12.9. The van der Waals surface area contributed by atoms with Crippen molar-refractivity contribution in [2.45, 2.75) is 19.3 Å². The Morgan fingerprint density at radius 1 is 0.447 bits per heavy atom. The summed E-state index contributed by atoms with van der Waals surface area (Å²) >= 11 is 0. The van der Waals surface area contributed by atoms with Gasteiger partial charge in [-0.05, 0) is 46.5 Å². The predicted octanol–water partition coefficient (Wildman–Crippen LogP) is 10.0. The summed E-state index contributed by atoms with van der Waals surface area (Å²) in [7, 11) is 0. The lowest BCUT2D eigenvalue weighted by Gasteiger charge is -2.21. The van der Waals surface area contributed by atoms with Crippen molar-refractivity contribution in [3.8, 4) is 34.4 Å². The van der Waals surface area contributed by atoms with Crippen LogP contribution in [0, 0.1) is 0 Å². The molecule has 3 heterocycles. The molecule has 0 saturated heterocycles. The highest BCUT2D eigenvalue weighted by atomic mass is 15.3. The van der Waals surface area contributed by atoms with E-state index in [1.165, 1.54) is 43.8 Å². The van der Waals surface area contributed by atoms with Gasteiger partial charge in [-0.25, -0.2) is 0 Å². The van der Waals surface area contributed by atoms with E-state index in [1.807, 2.05) is 18.2 Å².